The van der Waals surface area contributed by atoms with Crippen molar-refractivity contribution in [2.24, 2.45) is 0 Å². The molecule has 0 bridgehead atoms. The molecule has 0 radical (unpaired) electrons. The third kappa shape index (κ3) is 3.16. The van der Waals surface area contributed by atoms with E-state index in [1.165, 1.54) is 11.3 Å². The number of thiazole rings is 1. The Morgan fingerprint density at radius 1 is 1.24 bits per heavy atom. The summed E-state index contributed by atoms with van der Waals surface area (Å²) in [5.74, 6) is 0.686. The average molecular weight is 369 g/mol. The van der Waals surface area contributed by atoms with Gasteiger partial charge in [-0.05, 0) is 29.1 Å². The molecule has 0 aliphatic carbocycles. The molecule has 0 unspecified atom stereocenters. The number of thiophene rings is 1. The van der Waals surface area contributed by atoms with E-state index < -0.39 is 0 Å². The Balaban J connectivity index is 1.51. The van der Waals surface area contributed by atoms with E-state index in [-0.39, 0.29) is 5.91 Å². The van der Waals surface area contributed by atoms with Crippen LogP contribution in [0.15, 0.2) is 53.4 Å². The van der Waals surface area contributed by atoms with E-state index in [0.29, 0.717) is 12.2 Å². The zero-order valence-electron chi connectivity index (χ0n) is 13.4. The van der Waals surface area contributed by atoms with E-state index in [4.69, 9.17) is 4.74 Å². The summed E-state index contributed by atoms with van der Waals surface area (Å²) in [6.07, 6.45) is 1.92. The molecule has 3 heterocycles. The lowest BCUT2D eigenvalue weighted by atomic mass is 10.2. The highest BCUT2D eigenvalue weighted by atomic mass is 32.1. The molecular weight excluding hydrogens is 354 g/mol. The number of amides is 1. The molecule has 4 rings (SSSR count). The Morgan fingerprint density at radius 3 is 2.80 bits per heavy atom. The number of nitrogens with one attached hydrogen (secondary N) is 1. The van der Waals surface area contributed by atoms with Crippen molar-refractivity contribution in [1.29, 1.82) is 0 Å². The summed E-state index contributed by atoms with van der Waals surface area (Å²) in [6.45, 7) is 0.465. The summed E-state index contributed by atoms with van der Waals surface area (Å²) >= 11 is 3.10. The fourth-order valence-electron chi connectivity index (χ4n) is 2.51. The summed E-state index contributed by atoms with van der Waals surface area (Å²) in [5.41, 5.74) is 2.51. The number of hydrogen-bond acceptors (Lipinski definition) is 5. The smallest absolute Gasteiger partial charge is 0.269 e. The van der Waals surface area contributed by atoms with Crippen molar-refractivity contribution < 1.29 is 9.53 Å². The molecule has 25 heavy (non-hydrogen) atoms. The summed E-state index contributed by atoms with van der Waals surface area (Å²) in [5, 5.41) is 6.81. The van der Waals surface area contributed by atoms with Gasteiger partial charge in [-0.2, -0.15) is 0 Å². The molecule has 0 saturated heterocycles. The van der Waals surface area contributed by atoms with E-state index >= 15 is 0 Å². The zero-order valence-corrected chi connectivity index (χ0v) is 15.1. The van der Waals surface area contributed by atoms with Crippen LogP contribution in [0.25, 0.3) is 15.5 Å². The minimum Gasteiger partial charge on any atom is -0.497 e. The zero-order chi connectivity index (χ0) is 17.2. The maximum absolute atomic E-state index is 12.5. The van der Waals surface area contributed by atoms with E-state index in [9.17, 15) is 4.79 Å². The van der Waals surface area contributed by atoms with Gasteiger partial charge in [0, 0.05) is 18.1 Å². The third-order valence-electron chi connectivity index (χ3n) is 3.83. The number of rotatable bonds is 5. The van der Waals surface area contributed by atoms with Gasteiger partial charge in [0.15, 0.2) is 4.96 Å². The second-order valence-electron chi connectivity index (χ2n) is 5.41. The number of methoxy groups -OCH3 is 1. The van der Waals surface area contributed by atoms with E-state index in [1.54, 1.807) is 18.4 Å². The van der Waals surface area contributed by atoms with Gasteiger partial charge in [-0.15, -0.1) is 22.7 Å². The van der Waals surface area contributed by atoms with Crippen LogP contribution in [0.5, 0.6) is 5.75 Å². The molecule has 3 aromatic heterocycles. The molecule has 4 aromatic rings. The number of aromatic nitrogens is 2. The maximum atomic E-state index is 12.5. The fourth-order valence-corrected chi connectivity index (χ4v) is 4.04. The largest absolute Gasteiger partial charge is 0.497 e. The molecule has 0 atom stereocenters. The molecule has 1 aromatic carbocycles. The van der Waals surface area contributed by atoms with Gasteiger partial charge in [0.05, 0.1) is 12.0 Å². The molecule has 1 N–H and O–H groups in total. The number of carbonyl (C=O) groups excluding carboxylic acids is 1. The van der Waals surface area contributed by atoms with Gasteiger partial charge in [-0.1, -0.05) is 18.2 Å². The summed E-state index contributed by atoms with van der Waals surface area (Å²) < 4.78 is 6.99. The lowest BCUT2D eigenvalue weighted by Crippen LogP contribution is -2.23. The van der Waals surface area contributed by atoms with Gasteiger partial charge in [-0.25, -0.2) is 4.98 Å². The molecule has 0 aliphatic heterocycles. The van der Waals surface area contributed by atoms with Crippen molar-refractivity contribution in [3.8, 4) is 16.3 Å². The first-order valence-corrected chi connectivity index (χ1v) is 9.42. The van der Waals surface area contributed by atoms with Crippen molar-refractivity contribution >= 4 is 33.5 Å². The monoisotopic (exact) mass is 369 g/mol. The highest BCUT2D eigenvalue weighted by molar-refractivity contribution is 7.15. The number of nitrogens with zero attached hydrogens (tertiary/aromatic N) is 2. The molecule has 126 valence electrons. The van der Waals surface area contributed by atoms with Crippen LogP contribution >= 0.6 is 22.7 Å². The van der Waals surface area contributed by atoms with E-state index in [0.717, 1.165) is 26.8 Å². The molecule has 1 amide bonds. The Labute approximate surface area is 152 Å². The van der Waals surface area contributed by atoms with Gasteiger partial charge in [-0.3, -0.25) is 9.20 Å². The van der Waals surface area contributed by atoms with Crippen LogP contribution in [0, 0.1) is 0 Å². The number of hydrogen-bond donors (Lipinski definition) is 1. The lowest BCUT2D eigenvalue weighted by Gasteiger charge is -2.05. The van der Waals surface area contributed by atoms with Crippen molar-refractivity contribution in [1.82, 2.24) is 14.7 Å². The predicted octanol–water partition coefficient (Wildman–Crippen LogP) is 4.06. The van der Waals surface area contributed by atoms with Gasteiger partial charge < -0.3 is 10.1 Å². The second-order valence-corrected chi connectivity index (χ2v) is 7.19. The maximum Gasteiger partial charge on any atom is 0.269 e. The normalized spacial score (nSPS) is 10.9. The van der Waals surface area contributed by atoms with E-state index in [1.807, 2.05) is 57.8 Å². The van der Waals surface area contributed by atoms with Crippen LogP contribution in [0.2, 0.25) is 0 Å². The average Bonchev–Trinajstić information content (AvgIpc) is 3.35. The first kappa shape index (κ1) is 15.9. The number of fused-ring (bicyclic) bond motifs is 1. The number of benzene rings is 1. The molecule has 5 nitrogen and oxygen atoms in total. The minimum atomic E-state index is -0.114. The first-order chi connectivity index (χ1) is 12.2. The van der Waals surface area contributed by atoms with Gasteiger partial charge in [0.25, 0.3) is 5.91 Å². The Kier molecular flexibility index (Phi) is 4.25. The Hall–Kier alpha value is -2.64. The van der Waals surface area contributed by atoms with Crippen LogP contribution in [0.4, 0.5) is 0 Å². The van der Waals surface area contributed by atoms with Crippen LogP contribution in [-0.4, -0.2) is 22.4 Å². The van der Waals surface area contributed by atoms with Crippen molar-refractivity contribution in [2.45, 2.75) is 6.54 Å². The third-order valence-corrected chi connectivity index (χ3v) is 5.56. The molecule has 0 fully saturated rings. The quantitative estimate of drug-likeness (QED) is 0.577. The van der Waals surface area contributed by atoms with Crippen molar-refractivity contribution in [3.05, 3.63) is 64.6 Å². The molecule has 7 heteroatoms. The summed E-state index contributed by atoms with van der Waals surface area (Å²) in [7, 11) is 1.63. The topological polar surface area (TPSA) is 55.6 Å². The molecule has 0 spiro atoms. The van der Waals surface area contributed by atoms with Gasteiger partial charge >= 0.3 is 0 Å². The highest BCUT2D eigenvalue weighted by Gasteiger charge is 2.15. The second kappa shape index (κ2) is 6.70. The minimum absolute atomic E-state index is 0.114. The highest BCUT2D eigenvalue weighted by Crippen LogP contribution is 2.26. The fraction of sp³-hybridized carbons (Fsp3) is 0.111. The lowest BCUT2D eigenvalue weighted by molar-refractivity contribution is 0.0945. The van der Waals surface area contributed by atoms with Gasteiger partial charge in [0.1, 0.15) is 17.1 Å². The molecule has 0 aliphatic rings. The molecular formula is C18H15N3O2S2. The van der Waals surface area contributed by atoms with Gasteiger partial charge in [0.2, 0.25) is 0 Å². The number of carbonyl (C=O) groups is 1. The SMILES string of the molecule is COc1ccc(CNC(=O)c2csc3nc(-c4cccs4)cn23)cc1. The predicted molar refractivity (Wildman–Crippen MR) is 101 cm³/mol. The standard InChI is InChI=1S/C18H15N3O2S2/c1-23-13-6-4-12(5-7-13)9-19-17(22)15-11-25-18-20-14(10-21(15)18)16-3-2-8-24-16/h2-8,10-11H,9H2,1H3,(H,19,22). The van der Waals surface area contributed by atoms with Crippen LogP contribution in [0.1, 0.15) is 16.1 Å². The van der Waals surface area contributed by atoms with Crippen LogP contribution < -0.4 is 10.1 Å². The number of ether oxygens (including phenoxy) is 1. The number of imidazole rings is 1. The van der Waals surface area contributed by atoms with Crippen LogP contribution in [0.3, 0.4) is 0 Å². The summed E-state index contributed by atoms with van der Waals surface area (Å²) in [6, 6.07) is 11.7. The molecule has 0 saturated carbocycles. The first-order valence-electron chi connectivity index (χ1n) is 7.66. The Morgan fingerprint density at radius 2 is 2.08 bits per heavy atom. The van der Waals surface area contributed by atoms with E-state index in [2.05, 4.69) is 10.3 Å². The van der Waals surface area contributed by atoms with Crippen molar-refractivity contribution in [2.75, 3.05) is 7.11 Å². The summed E-state index contributed by atoms with van der Waals surface area (Å²) in [4.78, 5) is 19.0. The van der Waals surface area contributed by atoms with Crippen molar-refractivity contribution in [3.63, 3.8) is 0 Å². The Bertz CT molecular complexity index is 1000. The van der Waals surface area contributed by atoms with Crippen LogP contribution in [-0.2, 0) is 6.54 Å².